The summed E-state index contributed by atoms with van der Waals surface area (Å²) in [5.74, 6) is 0.471. The maximum atomic E-state index is 10.2. The third-order valence-electron chi connectivity index (χ3n) is 1.58. The fraction of sp³-hybridized carbons (Fsp3) is 0.250. The molecule has 0 bridgehead atoms. The van der Waals surface area contributed by atoms with Crippen LogP contribution in [0.25, 0.3) is 0 Å². The van der Waals surface area contributed by atoms with Crippen molar-refractivity contribution in [2.75, 3.05) is 12.8 Å². The highest BCUT2D eigenvalue weighted by molar-refractivity contribution is 5.64. The van der Waals surface area contributed by atoms with Crippen LogP contribution in [0.15, 0.2) is 12.3 Å². The van der Waals surface area contributed by atoms with Gasteiger partial charge in [0.2, 0.25) is 0 Å². The molecule has 76 valence electrons. The largest absolute Gasteiger partial charge is 0.495 e. The van der Waals surface area contributed by atoms with Crippen molar-refractivity contribution < 1.29 is 14.6 Å². The van der Waals surface area contributed by atoms with Gasteiger partial charge in [-0.3, -0.25) is 4.98 Å². The first-order valence-corrected chi connectivity index (χ1v) is 3.88. The van der Waals surface area contributed by atoms with E-state index in [0.29, 0.717) is 17.1 Å². The first-order chi connectivity index (χ1) is 6.63. The van der Waals surface area contributed by atoms with Gasteiger partial charge in [-0.2, -0.15) is 0 Å². The first kappa shape index (κ1) is 10.1. The summed E-state index contributed by atoms with van der Waals surface area (Å²) in [5, 5.41) is 10.6. The standard InChI is InChI=1S/C8H11N3O3/c1-14-7-2-5(9)3-10-6(7)4-11-8(12)13/h2-3,11H,4,9H2,1H3,(H,12,13). The van der Waals surface area contributed by atoms with E-state index in [9.17, 15) is 4.79 Å². The van der Waals surface area contributed by atoms with Crippen LogP contribution in [0.5, 0.6) is 5.75 Å². The predicted molar refractivity (Wildman–Crippen MR) is 50.1 cm³/mol. The van der Waals surface area contributed by atoms with E-state index in [2.05, 4.69) is 10.3 Å². The number of methoxy groups -OCH3 is 1. The summed E-state index contributed by atoms with van der Waals surface area (Å²) < 4.78 is 4.98. The second-order valence-electron chi connectivity index (χ2n) is 2.58. The molecule has 0 spiro atoms. The lowest BCUT2D eigenvalue weighted by atomic mass is 10.3. The van der Waals surface area contributed by atoms with Gasteiger partial charge in [0, 0.05) is 6.07 Å². The van der Waals surface area contributed by atoms with E-state index >= 15 is 0 Å². The van der Waals surface area contributed by atoms with Gasteiger partial charge in [0.15, 0.2) is 0 Å². The molecule has 0 fully saturated rings. The van der Waals surface area contributed by atoms with Gasteiger partial charge in [0.1, 0.15) is 11.4 Å². The van der Waals surface area contributed by atoms with E-state index in [1.54, 1.807) is 6.07 Å². The number of anilines is 1. The van der Waals surface area contributed by atoms with Crippen molar-refractivity contribution in [3.05, 3.63) is 18.0 Å². The van der Waals surface area contributed by atoms with E-state index < -0.39 is 6.09 Å². The highest BCUT2D eigenvalue weighted by Gasteiger charge is 2.05. The molecule has 0 radical (unpaired) electrons. The molecule has 4 N–H and O–H groups in total. The van der Waals surface area contributed by atoms with E-state index in [1.165, 1.54) is 13.3 Å². The normalized spacial score (nSPS) is 9.50. The number of amides is 1. The Labute approximate surface area is 80.7 Å². The number of hydrogen-bond acceptors (Lipinski definition) is 4. The van der Waals surface area contributed by atoms with Crippen LogP contribution in [0.1, 0.15) is 5.69 Å². The Morgan fingerprint density at radius 2 is 2.50 bits per heavy atom. The fourth-order valence-electron chi connectivity index (χ4n) is 0.957. The van der Waals surface area contributed by atoms with Crippen LogP contribution in [-0.4, -0.2) is 23.3 Å². The summed E-state index contributed by atoms with van der Waals surface area (Å²) in [7, 11) is 1.47. The van der Waals surface area contributed by atoms with Crippen LogP contribution in [0.4, 0.5) is 10.5 Å². The topological polar surface area (TPSA) is 97.5 Å². The molecule has 0 aromatic carbocycles. The van der Waals surface area contributed by atoms with Gasteiger partial charge in [-0.25, -0.2) is 4.79 Å². The third kappa shape index (κ3) is 2.51. The molecule has 0 aliphatic rings. The number of nitrogens with one attached hydrogen (secondary N) is 1. The van der Waals surface area contributed by atoms with Crippen LogP contribution in [0, 0.1) is 0 Å². The number of rotatable bonds is 3. The van der Waals surface area contributed by atoms with Crippen molar-refractivity contribution in [1.82, 2.24) is 10.3 Å². The Kier molecular flexibility index (Phi) is 3.11. The van der Waals surface area contributed by atoms with Gasteiger partial charge in [-0.15, -0.1) is 0 Å². The second-order valence-corrected chi connectivity index (χ2v) is 2.58. The predicted octanol–water partition coefficient (Wildman–Crippen LogP) is 0.440. The van der Waals surface area contributed by atoms with Gasteiger partial charge >= 0.3 is 6.09 Å². The Morgan fingerprint density at radius 3 is 3.07 bits per heavy atom. The van der Waals surface area contributed by atoms with Crippen molar-refractivity contribution in [2.24, 2.45) is 0 Å². The average Bonchev–Trinajstić information content (AvgIpc) is 2.15. The SMILES string of the molecule is COc1cc(N)cnc1CNC(=O)O. The van der Waals surface area contributed by atoms with Gasteiger partial charge in [0.05, 0.1) is 25.5 Å². The lowest BCUT2D eigenvalue weighted by molar-refractivity contribution is 0.193. The highest BCUT2D eigenvalue weighted by Crippen LogP contribution is 2.18. The maximum Gasteiger partial charge on any atom is 0.404 e. The summed E-state index contributed by atoms with van der Waals surface area (Å²) in [5.41, 5.74) is 6.46. The molecule has 1 aromatic heterocycles. The molecule has 0 saturated carbocycles. The smallest absolute Gasteiger partial charge is 0.404 e. The lowest BCUT2D eigenvalue weighted by Gasteiger charge is -2.07. The van der Waals surface area contributed by atoms with Gasteiger partial charge in [0.25, 0.3) is 0 Å². The number of carbonyl (C=O) groups is 1. The Bertz CT molecular complexity index is 341. The van der Waals surface area contributed by atoms with Crippen molar-refractivity contribution in [2.45, 2.75) is 6.54 Å². The number of aromatic nitrogens is 1. The number of hydrogen-bond donors (Lipinski definition) is 3. The molecule has 1 amide bonds. The molecule has 0 saturated heterocycles. The van der Waals surface area contributed by atoms with Crippen LogP contribution in [0.3, 0.4) is 0 Å². The Balaban J connectivity index is 2.80. The average molecular weight is 197 g/mol. The molecule has 1 heterocycles. The van der Waals surface area contributed by atoms with E-state index in [4.69, 9.17) is 15.6 Å². The molecule has 0 aliphatic carbocycles. The molecule has 14 heavy (non-hydrogen) atoms. The van der Waals surface area contributed by atoms with E-state index in [-0.39, 0.29) is 6.54 Å². The van der Waals surface area contributed by atoms with Crippen molar-refractivity contribution in [1.29, 1.82) is 0 Å². The van der Waals surface area contributed by atoms with Gasteiger partial charge in [-0.1, -0.05) is 0 Å². The zero-order chi connectivity index (χ0) is 10.6. The third-order valence-corrected chi connectivity index (χ3v) is 1.58. The van der Waals surface area contributed by atoms with Crippen LogP contribution in [0.2, 0.25) is 0 Å². The summed E-state index contributed by atoms with van der Waals surface area (Å²) in [4.78, 5) is 14.2. The molecular weight excluding hydrogens is 186 g/mol. The molecule has 0 aliphatic heterocycles. The molecule has 1 aromatic rings. The van der Waals surface area contributed by atoms with Crippen molar-refractivity contribution in [3.63, 3.8) is 0 Å². The molecule has 6 nitrogen and oxygen atoms in total. The number of nitrogens with two attached hydrogens (primary N) is 1. The molecular formula is C8H11N3O3. The number of carboxylic acid groups (broad SMARTS) is 1. The van der Waals surface area contributed by atoms with Crippen LogP contribution in [-0.2, 0) is 6.54 Å². The van der Waals surface area contributed by atoms with Gasteiger partial charge in [-0.05, 0) is 0 Å². The molecule has 6 heteroatoms. The molecule has 0 unspecified atom stereocenters. The van der Waals surface area contributed by atoms with E-state index in [1.807, 2.05) is 0 Å². The summed E-state index contributed by atoms with van der Waals surface area (Å²) in [6, 6.07) is 1.59. The van der Waals surface area contributed by atoms with E-state index in [0.717, 1.165) is 0 Å². The fourth-order valence-corrected chi connectivity index (χ4v) is 0.957. The number of nitrogens with zero attached hydrogens (tertiary/aromatic N) is 1. The highest BCUT2D eigenvalue weighted by atomic mass is 16.5. The van der Waals surface area contributed by atoms with Gasteiger partial charge < -0.3 is 20.9 Å². The summed E-state index contributed by atoms with van der Waals surface area (Å²) >= 11 is 0. The Hall–Kier alpha value is -1.98. The van der Waals surface area contributed by atoms with Crippen LogP contribution >= 0.6 is 0 Å². The summed E-state index contributed by atoms with van der Waals surface area (Å²) in [6.07, 6.45) is 0.340. The molecule has 0 atom stereocenters. The zero-order valence-corrected chi connectivity index (χ0v) is 7.65. The molecule has 1 rings (SSSR count). The minimum Gasteiger partial charge on any atom is -0.495 e. The monoisotopic (exact) mass is 197 g/mol. The summed E-state index contributed by atoms with van der Waals surface area (Å²) in [6.45, 7) is 0.0960. The van der Waals surface area contributed by atoms with Crippen LogP contribution < -0.4 is 15.8 Å². The lowest BCUT2D eigenvalue weighted by Crippen LogP contribution is -2.21. The number of ether oxygens (including phenoxy) is 1. The van der Waals surface area contributed by atoms with Crippen molar-refractivity contribution >= 4 is 11.8 Å². The quantitative estimate of drug-likeness (QED) is 0.653. The Morgan fingerprint density at radius 1 is 1.79 bits per heavy atom. The number of pyridine rings is 1. The maximum absolute atomic E-state index is 10.2. The zero-order valence-electron chi connectivity index (χ0n) is 7.65. The minimum atomic E-state index is -1.11. The van der Waals surface area contributed by atoms with Crippen molar-refractivity contribution in [3.8, 4) is 5.75 Å². The first-order valence-electron chi connectivity index (χ1n) is 3.88. The number of nitrogen functional groups attached to an aromatic ring is 1. The second kappa shape index (κ2) is 4.31. The minimum absolute atomic E-state index is 0.0960.